The molecule has 0 aromatic heterocycles. The molecule has 0 radical (unpaired) electrons. The van der Waals surface area contributed by atoms with Gasteiger partial charge in [-0.25, -0.2) is 0 Å². The fourth-order valence-corrected chi connectivity index (χ4v) is 10.6. The smallest absolute Gasteiger partial charge is 0.417 e. The molecule has 4 rings (SSSR count). The molecule has 4 aliphatic rings. The first kappa shape index (κ1) is 33.1. The number of ether oxygens (including phenoxy) is 1. The number of thioether (sulfide) groups is 1. The molecule has 8 heteroatoms. The number of unbranched alkanes of at least 4 members (excludes halogenated alkanes) is 4. The monoisotopic (exact) mass is 602 g/mol. The molecule has 4 nitrogen and oxygen atoms in total. The van der Waals surface area contributed by atoms with Crippen LogP contribution in [-0.2, 0) is 14.3 Å². The molecule has 0 saturated heterocycles. The van der Waals surface area contributed by atoms with E-state index in [1.807, 2.05) is 0 Å². The van der Waals surface area contributed by atoms with E-state index in [1.54, 1.807) is 6.26 Å². The maximum atomic E-state index is 14.3. The Balaban J connectivity index is 1.36. The summed E-state index contributed by atoms with van der Waals surface area (Å²) in [6, 6.07) is 0. The number of fused-ring (bicyclic) bond motifs is 5. The first-order valence-electron chi connectivity index (χ1n) is 16.2. The van der Waals surface area contributed by atoms with Gasteiger partial charge in [0.1, 0.15) is 5.78 Å². The lowest BCUT2D eigenvalue weighted by Crippen LogP contribution is -2.60. The number of alkyl halides is 3. The molecule has 0 aromatic carbocycles. The summed E-state index contributed by atoms with van der Waals surface area (Å²) in [7, 11) is 0. The molecular formula is C33H53F3O4S. The third-order valence-corrected chi connectivity index (χ3v) is 13.0. The van der Waals surface area contributed by atoms with Crippen molar-refractivity contribution in [2.45, 2.75) is 135 Å². The number of carbonyl (C=O) groups excluding carboxylic acids is 1. The number of halogens is 3. The molecule has 41 heavy (non-hydrogen) atoms. The number of rotatable bonds is 13. The van der Waals surface area contributed by atoms with Crippen LogP contribution in [0.1, 0.15) is 124 Å². The molecule has 0 aromatic rings. The number of carbonyl (C=O) groups is 2. The van der Waals surface area contributed by atoms with Crippen molar-refractivity contribution in [1.82, 2.24) is 0 Å². The van der Waals surface area contributed by atoms with Crippen molar-refractivity contribution >= 4 is 23.5 Å². The van der Waals surface area contributed by atoms with Crippen LogP contribution in [0.15, 0.2) is 0 Å². The highest BCUT2D eigenvalue weighted by atomic mass is 32.2. The summed E-state index contributed by atoms with van der Waals surface area (Å²) in [5.74, 6) is 1.80. The van der Waals surface area contributed by atoms with Crippen LogP contribution in [0.3, 0.4) is 0 Å². The highest BCUT2D eigenvalue weighted by Crippen LogP contribution is 2.69. The van der Waals surface area contributed by atoms with E-state index in [9.17, 15) is 22.8 Å². The number of aliphatic carboxylic acids is 1. The molecule has 0 bridgehead atoms. The molecule has 0 spiro atoms. The SMILES string of the molecule is CSCO[C@]1(C(F)(F)F)CC[C@@]2(C)[C@H](CC[C@@H]3[C@@H]2CC[C@]2(C)[C@@H]([C@H](C)C(=O)CCCCCCCC(=O)O)CC[C@@H]32)C1. The van der Waals surface area contributed by atoms with Gasteiger partial charge in [0, 0.05) is 18.8 Å². The van der Waals surface area contributed by atoms with Crippen LogP contribution in [-0.4, -0.2) is 40.8 Å². The third kappa shape index (κ3) is 6.54. The summed E-state index contributed by atoms with van der Waals surface area (Å²) in [5, 5.41) is 8.77. The van der Waals surface area contributed by atoms with E-state index in [0.717, 1.165) is 64.2 Å². The van der Waals surface area contributed by atoms with E-state index < -0.39 is 17.7 Å². The average Bonchev–Trinajstić information content (AvgIpc) is 3.27. The molecule has 0 unspecified atom stereocenters. The van der Waals surface area contributed by atoms with E-state index in [-0.39, 0.29) is 47.9 Å². The lowest BCUT2D eigenvalue weighted by Gasteiger charge is -2.62. The Morgan fingerprint density at radius 2 is 1.56 bits per heavy atom. The highest BCUT2D eigenvalue weighted by molar-refractivity contribution is 7.98. The lowest BCUT2D eigenvalue weighted by molar-refractivity contribution is -0.301. The molecule has 236 valence electrons. The van der Waals surface area contributed by atoms with Crippen molar-refractivity contribution < 1.29 is 32.6 Å². The van der Waals surface area contributed by atoms with Gasteiger partial charge < -0.3 is 9.84 Å². The minimum absolute atomic E-state index is 0.0483. The van der Waals surface area contributed by atoms with E-state index >= 15 is 0 Å². The predicted octanol–water partition coefficient (Wildman–Crippen LogP) is 9.30. The standard InChI is InChI=1S/C33H53F3O4S/c1-22(28(37)10-8-6-5-7-9-11-29(38)39)25-14-15-26-24-13-12-23-20-32(33(34,35)36,40-21-41-4)19-18-30(23,2)27(24)16-17-31(25,26)3/h22-27H,5-21H2,1-4H3,(H,38,39)/t22-,23+,24-,25+,26-,27-,30-,31+,32+/m0/s1. The minimum atomic E-state index is -4.34. The van der Waals surface area contributed by atoms with Crippen molar-refractivity contribution in [3.63, 3.8) is 0 Å². The summed E-state index contributed by atoms with van der Waals surface area (Å²) in [5.41, 5.74) is -1.92. The van der Waals surface area contributed by atoms with Crippen molar-refractivity contribution in [1.29, 1.82) is 0 Å². The van der Waals surface area contributed by atoms with Gasteiger partial charge >= 0.3 is 12.1 Å². The second-order valence-electron chi connectivity index (χ2n) is 14.5. The third-order valence-electron chi connectivity index (χ3n) is 12.7. The molecule has 0 heterocycles. The van der Waals surface area contributed by atoms with Gasteiger partial charge in [-0.1, -0.05) is 40.0 Å². The van der Waals surface area contributed by atoms with Crippen molar-refractivity contribution in [3.8, 4) is 0 Å². The van der Waals surface area contributed by atoms with E-state index in [4.69, 9.17) is 9.84 Å². The van der Waals surface area contributed by atoms with Gasteiger partial charge in [-0.05, 0) is 117 Å². The Morgan fingerprint density at radius 3 is 2.22 bits per heavy atom. The Kier molecular flexibility index (Phi) is 10.6. The number of carboxylic acid groups (broad SMARTS) is 1. The average molecular weight is 603 g/mol. The molecule has 4 fully saturated rings. The number of hydrogen-bond acceptors (Lipinski definition) is 4. The Bertz CT molecular complexity index is 927. The van der Waals surface area contributed by atoms with E-state index in [0.29, 0.717) is 48.7 Å². The highest BCUT2D eigenvalue weighted by Gasteiger charge is 2.66. The molecule has 0 amide bonds. The summed E-state index contributed by atoms with van der Waals surface area (Å²) in [4.78, 5) is 23.9. The molecule has 4 aliphatic carbocycles. The maximum Gasteiger partial charge on any atom is 0.417 e. The predicted molar refractivity (Wildman–Crippen MR) is 158 cm³/mol. The van der Waals surface area contributed by atoms with Crippen LogP contribution in [0.2, 0.25) is 0 Å². The minimum Gasteiger partial charge on any atom is -0.481 e. The van der Waals surface area contributed by atoms with Crippen LogP contribution in [0.5, 0.6) is 0 Å². The Labute approximate surface area is 249 Å². The number of Topliss-reactive ketones (excluding diaryl/α,β-unsaturated/α-hetero) is 1. The van der Waals surface area contributed by atoms with Gasteiger partial charge in [0.15, 0.2) is 5.60 Å². The van der Waals surface area contributed by atoms with Crippen LogP contribution in [0.25, 0.3) is 0 Å². The summed E-state index contributed by atoms with van der Waals surface area (Å²) in [6.45, 7) is 6.87. The fraction of sp³-hybridized carbons (Fsp3) is 0.939. The van der Waals surface area contributed by atoms with Crippen molar-refractivity contribution in [2.24, 2.45) is 46.3 Å². The first-order valence-corrected chi connectivity index (χ1v) is 17.6. The Hall–Kier alpha value is -0.760. The molecule has 9 atom stereocenters. The first-order chi connectivity index (χ1) is 19.3. The van der Waals surface area contributed by atoms with Gasteiger partial charge in [-0.15, -0.1) is 11.8 Å². The number of carboxylic acids is 1. The number of ketones is 1. The second kappa shape index (κ2) is 13.1. The summed E-state index contributed by atoms with van der Waals surface area (Å²) in [6.07, 6.45) is 9.76. The quantitative estimate of drug-likeness (QED) is 0.168. The zero-order valence-corrected chi connectivity index (χ0v) is 26.5. The van der Waals surface area contributed by atoms with E-state index in [2.05, 4.69) is 20.8 Å². The zero-order chi connectivity index (χ0) is 30.1. The van der Waals surface area contributed by atoms with Gasteiger partial charge in [0.2, 0.25) is 0 Å². The van der Waals surface area contributed by atoms with Crippen LogP contribution in [0.4, 0.5) is 13.2 Å². The fourth-order valence-electron chi connectivity index (χ4n) is 10.3. The van der Waals surface area contributed by atoms with Crippen LogP contribution < -0.4 is 0 Å². The number of hydrogen-bond donors (Lipinski definition) is 1. The van der Waals surface area contributed by atoms with Gasteiger partial charge in [0.25, 0.3) is 0 Å². The van der Waals surface area contributed by atoms with Gasteiger partial charge in [-0.2, -0.15) is 13.2 Å². The molecule has 4 saturated carbocycles. The van der Waals surface area contributed by atoms with E-state index in [1.165, 1.54) is 11.8 Å². The topological polar surface area (TPSA) is 63.6 Å². The largest absolute Gasteiger partial charge is 0.481 e. The normalized spacial score (nSPS) is 39.4. The lowest BCUT2D eigenvalue weighted by atomic mass is 9.43. The molecule has 1 N–H and O–H groups in total. The van der Waals surface area contributed by atoms with Crippen molar-refractivity contribution in [2.75, 3.05) is 12.2 Å². The maximum absolute atomic E-state index is 14.3. The van der Waals surface area contributed by atoms with Crippen LogP contribution in [0, 0.1) is 46.3 Å². The van der Waals surface area contributed by atoms with Gasteiger partial charge in [-0.3, -0.25) is 9.59 Å². The van der Waals surface area contributed by atoms with Crippen molar-refractivity contribution in [3.05, 3.63) is 0 Å². The van der Waals surface area contributed by atoms with Gasteiger partial charge in [0.05, 0.1) is 5.94 Å². The zero-order valence-electron chi connectivity index (χ0n) is 25.7. The molecule has 0 aliphatic heterocycles. The second-order valence-corrected chi connectivity index (χ2v) is 15.4. The molecular weight excluding hydrogens is 549 g/mol. The summed E-state index contributed by atoms with van der Waals surface area (Å²) < 4.78 is 48.6. The summed E-state index contributed by atoms with van der Waals surface area (Å²) >= 11 is 1.32. The Morgan fingerprint density at radius 1 is 0.902 bits per heavy atom. The van der Waals surface area contributed by atoms with Crippen LogP contribution >= 0.6 is 11.8 Å².